The first-order valence-electron chi connectivity index (χ1n) is 8.21. The third-order valence-corrected chi connectivity index (χ3v) is 4.73. The van der Waals surface area contributed by atoms with E-state index < -0.39 is 5.60 Å². The Bertz CT molecular complexity index is 572. The van der Waals surface area contributed by atoms with Crippen molar-refractivity contribution in [1.82, 2.24) is 5.32 Å². The zero-order valence-electron chi connectivity index (χ0n) is 13.8. The van der Waals surface area contributed by atoms with E-state index >= 15 is 0 Å². The highest BCUT2D eigenvalue weighted by atomic mass is 79.9. The monoisotopic (exact) mass is 377 g/mol. The van der Waals surface area contributed by atoms with Gasteiger partial charge in [-0.1, -0.05) is 37.3 Å². The molecule has 2 rings (SSSR count). The number of ether oxygens (including phenoxy) is 1. The van der Waals surface area contributed by atoms with Gasteiger partial charge in [0.25, 0.3) is 0 Å². The summed E-state index contributed by atoms with van der Waals surface area (Å²) in [6.45, 7) is 5.71. The number of benzene rings is 1. The van der Waals surface area contributed by atoms with Gasteiger partial charge in [0.2, 0.25) is 0 Å². The van der Waals surface area contributed by atoms with Crippen LogP contribution < -0.4 is 5.32 Å². The molecular weight excluding hydrogens is 354 g/mol. The Morgan fingerprint density at radius 1 is 1.48 bits per heavy atom. The molecule has 1 heterocycles. The van der Waals surface area contributed by atoms with Crippen LogP contribution in [0.25, 0.3) is 0 Å². The number of piperidine rings is 1. The van der Waals surface area contributed by atoms with Gasteiger partial charge in [-0.2, -0.15) is 0 Å². The number of hydrogen-bond donors (Lipinski definition) is 1. The van der Waals surface area contributed by atoms with Crippen LogP contribution in [0.15, 0.2) is 30.3 Å². The second kappa shape index (κ2) is 8.52. The summed E-state index contributed by atoms with van der Waals surface area (Å²) in [6, 6.07) is 9.95. The first-order chi connectivity index (χ1) is 11.1. The second-order valence-corrected chi connectivity index (χ2v) is 6.62. The molecule has 124 valence electrons. The first-order valence-corrected chi connectivity index (χ1v) is 9.00. The van der Waals surface area contributed by atoms with Crippen molar-refractivity contribution in [2.45, 2.75) is 44.6 Å². The minimum absolute atomic E-state index is 0.176. The number of nitrogens with one attached hydrogen (secondary N) is 1. The van der Waals surface area contributed by atoms with Crippen LogP contribution in [0.1, 0.15) is 44.6 Å². The van der Waals surface area contributed by atoms with Gasteiger partial charge < -0.3 is 10.1 Å². The van der Waals surface area contributed by atoms with Gasteiger partial charge in [0.1, 0.15) is 0 Å². The summed E-state index contributed by atoms with van der Waals surface area (Å²) >= 11 is 3.11. The van der Waals surface area contributed by atoms with E-state index in [2.05, 4.69) is 32.0 Å². The fourth-order valence-corrected chi connectivity index (χ4v) is 3.42. The lowest BCUT2D eigenvalue weighted by Crippen LogP contribution is -2.39. The lowest BCUT2D eigenvalue weighted by atomic mass is 9.81. The summed E-state index contributed by atoms with van der Waals surface area (Å²) in [6.07, 6.45) is 2.78. The van der Waals surface area contributed by atoms with Crippen LogP contribution in [0.3, 0.4) is 0 Å². The maximum atomic E-state index is 13.0. The highest BCUT2D eigenvalue weighted by Crippen LogP contribution is 2.32. The number of hydrogen-bond acceptors (Lipinski definition) is 3. The van der Waals surface area contributed by atoms with Crippen LogP contribution in [-0.2, 0) is 9.53 Å². The molecule has 0 aliphatic carbocycles. The van der Waals surface area contributed by atoms with Crippen molar-refractivity contribution in [2.75, 3.05) is 13.1 Å². The molecule has 4 heteroatoms. The summed E-state index contributed by atoms with van der Waals surface area (Å²) in [5, 5.41) is 3.40. The molecule has 0 amide bonds. The Morgan fingerprint density at radius 2 is 2.22 bits per heavy atom. The minimum atomic E-state index is -0.754. The minimum Gasteiger partial charge on any atom is -0.446 e. The van der Waals surface area contributed by atoms with Gasteiger partial charge >= 0.3 is 5.97 Å². The summed E-state index contributed by atoms with van der Waals surface area (Å²) in [5.74, 6) is 2.80. The first kappa shape index (κ1) is 18.0. The van der Waals surface area contributed by atoms with Crippen LogP contribution in [0, 0.1) is 16.7 Å². The molecule has 1 saturated heterocycles. The maximum absolute atomic E-state index is 13.0. The van der Waals surface area contributed by atoms with Crippen molar-refractivity contribution < 1.29 is 9.53 Å². The van der Waals surface area contributed by atoms with Gasteiger partial charge in [0, 0.05) is 15.9 Å². The third-order valence-electron chi connectivity index (χ3n) is 4.53. The summed E-state index contributed by atoms with van der Waals surface area (Å²) in [7, 11) is 0. The maximum Gasteiger partial charge on any atom is 0.315 e. The second-order valence-electron chi connectivity index (χ2n) is 6.22. The molecule has 23 heavy (non-hydrogen) atoms. The fourth-order valence-electron chi connectivity index (χ4n) is 3.00. The molecule has 3 nitrogen and oxygen atoms in total. The largest absolute Gasteiger partial charge is 0.446 e. The molecule has 1 aromatic rings. The molecule has 0 radical (unpaired) electrons. The molecular formula is C19H24BrNO2. The zero-order valence-corrected chi connectivity index (χ0v) is 15.4. The lowest BCUT2D eigenvalue weighted by molar-refractivity contribution is -0.156. The van der Waals surface area contributed by atoms with E-state index in [9.17, 15) is 4.79 Å². The zero-order chi connectivity index (χ0) is 16.7. The number of esters is 1. The van der Waals surface area contributed by atoms with Gasteiger partial charge in [-0.15, -0.1) is 0 Å². The summed E-state index contributed by atoms with van der Waals surface area (Å²) in [4.78, 5) is 15.7. The number of halogens is 1. The molecule has 1 aliphatic rings. The molecule has 3 unspecified atom stereocenters. The van der Waals surface area contributed by atoms with Crippen LogP contribution in [0.4, 0.5) is 0 Å². The normalized spacial score (nSPS) is 21.4. The van der Waals surface area contributed by atoms with Gasteiger partial charge in [-0.05, 0) is 61.5 Å². The number of rotatable bonds is 5. The van der Waals surface area contributed by atoms with Crippen molar-refractivity contribution in [3.05, 3.63) is 35.9 Å². The molecule has 1 aromatic carbocycles. The molecule has 1 N–H and O–H groups in total. The van der Waals surface area contributed by atoms with Gasteiger partial charge in [-0.3, -0.25) is 4.79 Å². The van der Waals surface area contributed by atoms with E-state index in [1.165, 1.54) is 0 Å². The molecule has 0 spiro atoms. The molecule has 0 bridgehead atoms. The Morgan fingerprint density at radius 3 is 2.78 bits per heavy atom. The van der Waals surface area contributed by atoms with Crippen molar-refractivity contribution >= 4 is 21.9 Å². The standard InChI is InChI=1S/C19H24BrNO2/c1-3-19(2,11-12-20)23-18(22)17(15-8-5-4-6-9-15)16-10-7-13-21-14-16/h4-6,8-9,16-17,21H,3,7,10,13-14H2,1-2H3. The van der Waals surface area contributed by atoms with Crippen LogP contribution in [0.5, 0.6) is 0 Å². The van der Waals surface area contributed by atoms with Gasteiger partial charge in [-0.25, -0.2) is 0 Å². The van der Waals surface area contributed by atoms with Gasteiger partial charge in [0.15, 0.2) is 5.60 Å². The molecule has 0 saturated carbocycles. The summed E-state index contributed by atoms with van der Waals surface area (Å²) in [5.41, 5.74) is 0.270. The Kier molecular flexibility index (Phi) is 6.68. The Hall–Kier alpha value is -1.31. The summed E-state index contributed by atoms with van der Waals surface area (Å²) < 4.78 is 5.83. The smallest absolute Gasteiger partial charge is 0.315 e. The third kappa shape index (κ3) is 4.83. The van der Waals surface area contributed by atoms with Crippen LogP contribution >= 0.6 is 15.9 Å². The Labute approximate surface area is 147 Å². The van der Waals surface area contributed by atoms with E-state index in [1.807, 2.05) is 44.2 Å². The average molecular weight is 378 g/mol. The van der Waals surface area contributed by atoms with E-state index in [4.69, 9.17) is 4.74 Å². The molecule has 0 aromatic heterocycles. The molecule has 1 fully saturated rings. The van der Waals surface area contributed by atoms with E-state index in [0.717, 1.165) is 31.5 Å². The van der Waals surface area contributed by atoms with Crippen LogP contribution in [-0.4, -0.2) is 24.7 Å². The average Bonchev–Trinajstić information content (AvgIpc) is 2.57. The quantitative estimate of drug-likeness (QED) is 0.625. The van der Waals surface area contributed by atoms with Crippen molar-refractivity contribution in [3.63, 3.8) is 0 Å². The highest BCUT2D eigenvalue weighted by Gasteiger charge is 2.35. The molecule has 1 aliphatic heterocycles. The van der Waals surface area contributed by atoms with Crippen molar-refractivity contribution in [1.29, 1.82) is 0 Å². The van der Waals surface area contributed by atoms with E-state index in [0.29, 0.717) is 6.42 Å². The van der Waals surface area contributed by atoms with Crippen LogP contribution in [0.2, 0.25) is 0 Å². The van der Waals surface area contributed by atoms with E-state index in [1.54, 1.807) is 0 Å². The number of carbonyl (C=O) groups is 1. The van der Waals surface area contributed by atoms with E-state index in [-0.39, 0.29) is 17.8 Å². The fraction of sp³-hybridized carbons (Fsp3) is 0.526. The lowest BCUT2D eigenvalue weighted by Gasteiger charge is -2.32. The molecule has 3 atom stereocenters. The SMILES string of the molecule is CCC(C)(C#CBr)OC(=O)C(c1ccccc1)C1CCCNC1. The topological polar surface area (TPSA) is 38.3 Å². The highest BCUT2D eigenvalue weighted by molar-refractivity contribution is 9.12. The predicted molar refractivity (Wildman–Crippen MR) is 96.3 cm³/mol. The van der Waals surface area contributed by atoms with Crippen molar-refractivity contribution in [3.8, 4) is 10.8 Å². The predicted octanol–water partition coefficient (Wildman–Crippen LogP) is 3.84. The Balaban J connectivity index is 2.25. The van der Waals surface area contributed by atoms with Gasteiger partial charge in [0.05, 0.1) is 5.92 Å². The number of carbonyl (C=O) groups excluding carboxylic acids is 1. The van der Waals surface area contributed by atoms with Crippen molar-refractivity contribution in [2.24, 2.45) is 5.92 Å².